The van der Waals surface area contributed by atoms with Crippen LogP contribution in [0.15, 0.2) is 88.9 Å². The van der Waals surface area contributed by atoms with Crippen molar-refractivity contribution in [1.29, 1.82) is 0 Å². The van der Waals surface area contributed by atoms with E-state index in [2.05, 4.69) is 22.7 Å². The molecule has 5 heteroatoms. The van der Waals surface area contributed by atoms with E-state index in [1.165, 1.54) is 4.90 Å². The van der Waals surface area contributed by atoms with Crippen LogP contribution in [0.25, 0.3) is 11.1 Å². The van der Waals surface area contributed by atoms with Crippen molar-refractivity contribution in [3.05, 3.63) is 84.4 Å². The lowest BCUT2D eigenvalue weighted by atomic mass is 10.1. The van der Waals surface area contributed by atoms with Crippen LogP contribution in [0.4, 0.5) is 0 Å². The fourth-order valence-electron chi connectivity index (χ4n) is 2.42. The number of ether oxygens (including phenoxy) is 1. The standard InChI is InChI=1S/C22H20N2O2S/c1-27-21-13-7-17(8-14-21)15-23-24-22(25)16-26-20-11-9-19(10-12-20)18-5-3-2-4-6-18/h2-15H,16H2,1H3,(H,24,25)/b23-15-. The SMILES string of the molecule is CSc1ccc(/C=N\NC(=O)COc2ccc(-c3ccccc3)cc2)cc1. The molecule has 27 heavy (non-hydrogen) atoms. The third-order valence-corrected chi connectivity index (χ3v) is 4.59. The van der Waals surface area contributed by atoms with Gasteiger partial charge in [-0.05, 0) is 47.2 Å². The Labute approximate surface area is 163 Å². The summed E-state index contributed by atoms with van der Waals surface area (Å²) < 4.78 is 5.50. The zero-order valence-electron chi connectivity index (χ0n) is 15.0. The van der Waals surface area contributed by atoms with Gasteiger partial charge in [-0.25, -0.2) is 5.43 Å². The Morgan fingerprint density at radius 1 is 0.963 bits per heavy atom. The van der Waals surface area contributed by atoms with Crippen LogP contribution in [0.3, 0.4) is 0 Å². The summed E-state index contributed by atoms with van der Waals surface area (Å²) >= 11 is 1.68. The molecule has 1 N–H and O–H groups in total. The van der Waals surface area contributed by atoms with E-state index in [0.29, 0.717) is 5.75 Å². The number of carbonyl (C=O) groups is 1. The van der Waals surface area contributed by atoms with Crippen molar-refractivity contribution in [2.24, 2.45) is 5.10 Å². The largest absolute Gasteiger partial charge is 0.484 e. The second-order valence-corrected chi connectivity index (χ2v) is 6.63. The van der Waals surface area contributed by atoms with Crippen LogP contribution in [-0.2, 0) is 4.79 Å². The van der Waals surface area contributed by atoms with Crippen LogP contribution in [-0.4, -0.2) is 25.0 Å². The number of amides is 1. The van der Waals surface area contributed by atoms with Crippen molar-refractivity contribution in [3.63, 3.8) is 0 Å². The number of hydrogen-bond donors (Lipinski definition) is 1. The van der Waals surface area contributed by atoms with Crippen LogP contribution < -0.4 is 10.2 Å². The molecule has 136 valence electrons. The summed E-state index contributed by atoms with van der Waals surface area (Å²) in [6.07, 6.45) is 3.63. The summed E-state index contributed by atoms with van der Waals surface area (Å²) in [5.41, 5.74) is 5.63. The number of nitrogens with zero attached hydrogens (tertiary/aromatic N) is 1. The smallest absolute Gasteiger partial charge is 0.277 e. The number of benzene rings is 3. The number of hydrazone groups is 1. The monoisotopic (exact) mass is 376 g/mol. The molecule has 0 aliphatic heterocycles. The first-order valence-electron chi connectivity index (χ1n) is 8.49. The molecule has 0 aliphatic carbocycles. The number of nitrogens with one attached hydrogen (secondary N) is 1. The second-order valence-electron chi connectivity index (χ2n) is 5.75. The maximum absolute atomic E-state index is 11.8. The Kier molecular flexibility index (Phi) is 6.66. The topological polar surface area (TPSA) is 50.7 Å². The van der Waals surface area contributed by atoms with E-state index in [0.717, 1.165) is 16.7 Å². The van der Waals surface area contributed by atoms with E-state index in [4.69, 9.17) is 4.74 Å². The van der Waals surface area contributed by atoms with Crippen LogP contribution in [0.2, 0.25) is 0 Å². The van der Waals surface area contributed by atoms with Crippen molar-refractivity contribution in [2.75, 3.05) is 12.9 Å². The molecule has 3 aromatic rings. The van der Waals surface area contributed by atoms with E-state index >= 15 is 0 Å². The van der Waals surface area contributed by atoms with E-state index in [9.17, 15) is 4.79 Å². The first-order chi connectivity index (χ1) is 13.2. The molecule has 0 aromatic heterocycles. The minimum absolute atomic E-state index is 0.0898. The van der Waals surface area contributed by atoms with Gasteiger partial charge >= 0.3 is 0 Å². The number of rotatable bonds is 7. The van der Waals surface area contributed by atoms with Gasteiger partial charge in [0.15, 0.2) is 6.61 Å². The van der Waals surface area contributed by atoms with Gasteiger partial charge in [-0.3, -0.25) is 4.79 Å². The predicted octanol–water partition coefficient (Wildman–Crippen LogP) is 4.60. The third kappa shape index (κ3) is 5.72. The Balaban J connectivity index is 1.46. The second kappa shape index (κ2) is 9.59. The lowest BCUT2D eigenvalue weighted by molar-refractivity contribution is -0.123. The Bertz CT molecular complexity index is 892. The Morgan fingerprint density at radius 2 is 1.63 bits per heavy atom. The average Bonchev–Trinajstić information content (AvgIpc) is 2.74. The van der Waals surface area contributed by atoms with Gasteiger partial charge in [-0.15, -0.1) is 11.8 Å². The van der Waals surface area contributed by atoms with Crippen LogP contribution in [0.1, 0.15) is 5.56 Å². The highest BCUT2D eigenvalue weighted by atomic mass is 32.2. The fourth-order valence-corrected chi connectivity index (χ4v) is 2.83. The van der Waals surface area contributed by atoms with Crippen LogP contribution in [0.5, 0.6) is 5.75 Å². The van der Waals surface area contributed by atoms with Crippen molar-refractivity contribution in [3.8, 4) is 16.9 Å². The van der Waals surface area contributed by atoms with Crippen LogP contribution in [0, 0.1) is 0 Å². The third-order valence-electron chi connectivity index (χ3n) is 3.85. The summed E-state index contributed by atoms with van der Waals surface area (Å²) in [4.78, 5) is 13.0. The quantitative estimate of drug-likeness (QED) is 0.372. The fraction of sp³-hybridized carbons (Fsp3) is 0.0909. The zero-order chi connectivity index (χ0) is 18.9. The van der Waals surface area contributed by atoms with Gasteiger partial charge in [0.2, 0.25) is 0 Å². The molecule has 0 unspecified atom stereocenters. The molecule has 0 heterocycles. The first-order valence-corrected chi connectivity index (χ1v) is 9.71. The van der Waals surface area contributed by atoms with Gasteiger partial charge in [0.05, 0.1) is 6.21 Å². The average molecular weight is 376 g/mol. The number of thioether (sulfide) groups is 1. The van der Waals surface area contributed by atoms with Gasteiger partial charge in [0.1, 0.15) is 5.75 Å². The molecular formula is C22H20N2O2S. The number of hydrogen-bond acceptors (Lipinski definition) is 4. The molecule has 3 rings (SSSR count). The molecule has 0 atom stereocenters. The number of carbonyl (C=O) groups excluding carboxylic acids is 1. The normalized spacial score (nSPS) is 10.7. The lowest BCUT2D eigenvalue weighted by Crippen LogP contribution is -2.24. The maximum Gasteiger partial charge on any atom is 0.277 e. The maximum atomic E-state index is 11.8. The zero-order valence-corrected chi connectivity index (χ0v) is 15.8. The molecule has 0 saturated heterocycles. The molecule has 0 bridgehead atoms. The predicted molar refractivity (Wildman–Crippen MR) is 111 cm³/mol. The van der Waals surface area contributed by atoms with Gasteiger partial charge in [-0.1, -0.05) is 54.6 Å². The molecule has 4 nitrogen and oxygen atoms in total. The molecule has 0 saturated carbocycles. The highest BCUT2D eigenvalue weighted by Gasteiger charge is 2.02. The summed E-state index contributed by atoms with van der Waals surface area (Å²) in [5.74, 6) is 0.334. The van der Waals surface area contributed by atoms with E-state index < -0.39 is 0 Å². The van der Waals surface area contributed by atoms with E-state index in [1.54, 1.807) is 18.0 Å². The van der Waals surface area contributed by atoms with Gasteiger partial charge in [0.25, 0.3) is 5.91 Å². The molecule has 0 fully saturated rings. The summed E-state index contributed by atoms with van der Waals surface area (Å²) in [5, 5.41) is 3.95. The van der Waals surface area contributed by atoms with Gasteiger partial charge < -0.3 is 4.74 Å². The highest BCUT2D eigenvalue weighted by Crippen LogP contribution is 2.21. The minimum atomic E-state index is -0.306. The van der Waals surface area contributed by atoms with E-state index in [1.807, 2.05) is 73.0 Å². The molecule has 0 aliphatic rings. The van der Waals surface area contributed by atoms with Gasteiger partial charge in [0, 0.05) is 4.90 Å². The lowest BCUT2D eigenvalue weighted by Gasteiger charge is -2.06. The minimum Gasteiger partial charge on any atom is -0.484 e. The van der Waals surface area contributed by atoms with Crippen molar-refractivity contribution >= 4 is 23.9 Å². The molecular weight excluding hydrogens is 356 g/mol. The molecule has 0 spiro atoms. The van der Waals surface area contributed by atoms with Crippen molar-refractivity contribution in [2.45, 2.75) is 4.90 Å². The van der Waals surface area contributed by atoms with Crippen molar-refractivity contribution < 1.29 is 9.53 Å². The highest BCUT2D eigenvalue weighted by molar-refractivity contribution is 7.98. The molecule has 0 radical (unpaired) electrons. The van der Waals surface area contributed by atoms with Gasteiger partial charge in [-0.2, -0.15) is 5.10 Å². The Hall–Kier alpha value is -3.05. The first kappa shape index (κ1) is 18.7. The summed E-state index contributed by atoms with van der Waals surface area (Å²) in [7, 11) is 0. The Morgan fingerprint density at radius 3 is 2.30 bits per heavy atom. The summed E-state index contributed by atoms with van der Waals surface area (Å²) in [6, 6.07) is 25.7. The molecule has 3 aromatic carbocycles. The van der Waals surface area contributed by atoms with Crippen molar-refractivity contribution in [1.82, 2.24) is 5.43 Å². The summed E-state index contributed by atoms with van der Waals surface area (Å²) in [6.45, 7) is -0.0898. The molecule has 1 amide bonds. The van der Waals surface area contributed by atoms with E-state index in [-0.39, 0.29) is 12.5 Å². The van der Waals surface area contributed by atoms with Crippen LogP contribution >= 0.6 is 11.8 Å².